The molecule has 2 nitrogen and oxygen atoms in total. The lowest BCUT2D eigenvalue weighted by Crippen LogP contribution is -1.99. The summed E-state index contributed by atoms with van der Waals surface area (Å²) < 4.78 is 0. The van der Waals surface area contributed by atoms with Gasteiger partial charge in [0.05, 0.1) is 0 Å². The van der Waals surface area contributed by atoms with Gasteiger partial charge in [-0.15, -0.1) is 11.3 Å². The van der Waals surface area contributed by atoms with Crippen LogP contribution in [0.4, 0.5) is 0 Å². The number of hydrogen-bond donors (Lipinski definition) is 1. The van der Waals surface area contributed by atoms with Gasteiger partial charge in [-0.2, -0.15) is 0 Å². The predicted molar refractivity (Wildman–Crippen MR) is 57.8 cm³/mol. The Labute approximate surface area is 86.2 Å². The van der Waals surface area contributed by atoms with Crippen LogP contribution in [0.25, 0.3) is 6.08 Å². The Morgan fingerprint density at radius 2 is 2.29 bits per heavy atom. The van der Waals surface area contributed by atoms with E-state index in [2.05, 4.69) is 6.08 Å². The Bertz CT molecular complexity index is 413. The molecule has 72 valence electrons. The minimum absolute atomic E-state index is 0.486. The zero-order chi connectivity index (χ0) is 9.97. The van der Waals surface area contributed by atoms with E-state index in [-0.39, 0.29) is 0 Å². The van der Waals surface area contributed by atoms with Gasteiger partial charge >= 0.3 is 5.97 Å². The number of allylic oxidation sites excluding steroid dienone is 3. The summed E-state index contributed by atoms with van der Waals surface area (Å²) >= 11 is 1.31. The molecule has 0 saturated heterocycles. The summed E-state index contributed by atoms with van der Waals surface area (Å²) in [6.07, 6.45) is 9.71. The molecular weight excluding hydrogens is 196 g/mol. The number of rotatable bonds is 1. The van der Waals surface area contributed by atoms with E-state index in [1.807, 2.05) is 23.6 Å². The number of carboxylic acids is 1. The molecule has 0 fully saturated rings. The highest BCUT2D eigenvalue weighted by atomic mass is 32.1. The molecule has 0 aromatic carbocycles. The van der Waals surface area contributed by atoms with Crippen molar-refractivity contribution in [3.63, 3.8) is 0 Å². The third kappa shape index (κ3) is 1.63. The van der Waals surface area contributed by atoms with E-state index in [0.717, 1.165) is 24.0 Å². The van der Waals surface area contributed by atoms with Crippen LogP contribution in [0.3, 0.4) is 0 Å². The second kappa shape index (κ2) is 3.80. The normalized spacial score (nSPS) is 19.1. The Hall–Kier alpha value is -1.35. The summed E-state index contributed by atoms with van der Waals surface area (Å²) in [4.78, 5) is 11.4. The maximum absolute atomic E-state index is 10.9. The Morgan fingerprint density at radius 1 is 1.43 bits per heavy atom. The molecule has 0 spiro atoms. The third-order valence-electron chi connectivity index (χ3n) is 2.20. The second-order valence-electron chi connectivity index (χ2n) is 3.13. The van der Waals surface area contributed by atoms with Crippen LogP contribution in [0, 0.1) is 0 Å². The average molecular weight is 206 g/mol. The molecule has 1 N–H and O–H groups in total. The number of carboxylic acid groups (broad SMARTS) is 1. The highest BCUT2D eigenvalue weighted by molar-refractivity contribution is 7.12. The maximum atomic E-state index is 10.9. The summed E-state index contributed by atoms with van der Waals surface area (Å²) in [5, 5.41) is 10.9. The lowest BCUT2D eigenvalue weighted by atomic mass is 10.0. The summed E-state index contributed by atoms with van der Waals surface area (Å²) in [5.41, 5.74) is 2.03. The van der Waals surface area contributed by atoms with Crippen LogP contribution in [0.5, 0.6) is 0 Å². The fourth-order valence-electron chi connectivity index (χ4n) is 1.53. The first-order valence-corrected chi connectivity index (χ1v) is 5.34. The number of carbonyl (C=O) groups is 1. The van der Waals surface area contributed by atoms with Gasteiger partial charge in [-0.05, 0) is 29.3 Å². The molecule has 1 aliphatic carbocycles. The minimum Gasteiger partial charge on any atom is -0.477 e. The molecule has 1 aromatic heterocycles. The lowest BCUT2D eigenvalue weighted by Gasteiger charge is -2.02. The van der Waals surface area contributed by atoms with Gasteiger partial charge in [-0.1, -0.05) is 24.3 Å². The van der Waals surface area contributed by atoms with Gasteiger partial charge in [0.2, 0.25) is 0 Å². The van der Waals surface area contributed by atoms with Crippen molar-refractivity contribution in [2.24, 2.45) is 0 Å². The fraction of sp³-hybridized carbons (Fsp3) is 0.182. The molecule has 1 heterocycles. The molecule has 1 aromatic rings. The molecule has 0 radical (unpaired) electrons. The molecule has 0 saturated carbocycles. The van der Waals surface area contributed by atoms with Crippen molar-refractivity contribution in [2.45, 2.75) is 12.8 Å². The van der Waals surface area contributed by atoms with Gasteiger partial charge in [0, 0.05) is 0 Å². The zero-order valence-corrected chi connectivity index (χ0v) is 8.38. The van der Waals surface area contributed by atoms with Crippen LogP contribution in [-0.4, -0.2) is 11.1 Å². The van der Waals surface area contributed by atoms with Crippen LogP contribution in [0.1, 0.15) is 27.2 Å². The molecule has 14 heavy (non-hydrogen) atoms. The van der Waals surface area contributed by atoms with Gasteiger partial charge in [-0.25, -0.2) is 4.79 Å². The molecule has 0 bridgehead atoms. The van der Waals surface area contributed by atoms with E-state index in [1.54, 1.807) is 0 Å². The van der Waals surface area contributed by atoms with E-state index >= 15 is 0 Å². The minimum atomic E-state index is -0.811. The topological polar surface area (TPSA) is 37.3 Å². The van der Waals surface area contributed by atoms with Crippen molar-refractivity contribution in [1.82, 2.24) is 0 Å². The van der Waals surface area contributed by atoms with Crippen molar-refractivity contribution >= 4 is 23.4 Å². The quantitative estimate of drug-likeness (QED) is 0.767. The maximum Gasteiger partial charge on any atom is 0.346 e. The molecule has 0 aliphatic heterocycles. The monoisotopic (exact) mass is 206 g/mol. The number of aromatic carboxylic acids is 1. The van der Waals surface area contributed by atoms with Crippen LogP contribution < -0.4 is 0 Å². The molecule has 1 aliphatic rings. The number of fused-ring (bicyclic) bond motifs is 1. The van der Waals surface area contributed by atoms with Crippen molar-refractivity contribution < 1.29 is 9.90 Å². The van der Waals surface area contributed by atoms with Crippen molar-refractivity contribution in [2.75, 3.05) is 0 Å². The highest BCUT2D eigenvalue weighted by Gasteiger charge is 2.15. The Balaban J connectivity index is 2.47. The highest BCUT2D eigenvalue weighted by Crippen LogP contribution is 2.26. The second-order valence-corrected chi connectivity index (χ2v) is 4.01. The van der Waals surface area contributed by atoms with E-state index in [0.29, 0.717) is 4.88 Å². The lowest BCUT2D eigenvalue weighted by molar-refractivity contribution is 0.0701. The number of hydrogen-bond acceptors (Lipinski definition) is 2. The molecule has 0 amide bonds. The average Bonchev–Trinajstić information content (AvgIpc) is 2.47. The third-order valence-corrected chi connectivity index (χ3v) is 3.23. The van der Waals surface area contributed by atoms with Gasteiger partial charge in [0.25, 0.3) is 0 Å². The first kappa shape index (κ1) is 9.21. The van der Waals surface area contributed by atoms with Gasteiger partial charge in [-0.3, -0.25) is 0 Å². The first-order valence-electron chi connectivity index (χ1n) is 4.46. The van der Waals surface area contributed by atoms with Crippen molar-refractivity contribution in [3.8, 4) is 0 Å². The van der Waals surface area contributed by atoms with Crippen molar-refractivity contribution in [3.05, 3.63) is 39.6 Å². The Morgan fingerprint density at radius 3 is 3.07 bits per heavy atom. The van der Waals surface area contributed by atoms with E-state index in [9.17, 15) is 4.79 Å². The van der Waals surface area contributed by atoms with Crippen molar-refractivity contribution in [1.29, 1.82) is 0 Å². The predicted octanol–water partition coefficient (Wildman–Crippen LogP) is 2.96. The van der Waals surface area contributed by atoms with Crippen LogP contribution in [0.2, 0.25) is 0 Å². The van der Waals surface area contributed by atoms with Crippen LogP contribution in [-0.2, 0) is 6.42 Å². The van der Waals surface area contributed by atoms with Crippen LogP contribution >= 0.6 is 11.3 Å². The summed E-state index contributed by atoms with van der Waals surface area (Å²) in [7, 11) is 0. The van der Waals surface area contributed by atoms with Gasteiger partial charge in [0.15, 0.2) is 0 Å². The molecule has 3 heteroatoms. The van der Waals surface area contributed by atoms with E-state index in [4.69, 9.17) is 5.11 Å². The summed E-state index contributed by atoms with van der Waals surface area (Å²) in [6.45, 7) is 0. The fourth-order valence-corrected chi connectivity index (χ4v) is 2.46. The van der Waals surface area contributed by atoms with Crippen LogP contribution in [0.15, 0.2) is 23.6 Å². The zero-order valence-electron chi connectivity index (χ0n) is 7.56. The standard InChI is InChI=1S/C11H10O2S/c12-11(13)10-9-6-4-2-1-3-5-8(9)7-14-10/h1-3,5,7H,4,6H2,(H,12,13)/b2-1-,5-3-. The smallest absolute Gasteiger partial charge is 0.346 e. The molecule has 2 rings (SSSR count). The van der Waals surface area contributed by atoms with Gasteiger partial charge < -0.3 is 5.11 Å². The summed E-state index contributed by atoms with van der Waals surface area (Å²) in [5.74, 6) is -0.811. The van der Waals surface area contributed by atoms with E-state index in [1.165, 1.54) is 11.3 Å². The molecule has 0 unspecified atom stereocenters. The largest absolute Gasteiger partial charge is 0.477 e. The molecule has 0 atom stereocenters. The SMILES string of the molecule is O=C(O)c1scc2c1CC/C=C\C=C/2. The number of thiophene rings is 1. The summed E-state index contributed by atoms with van der Waals surface area (Å²) in [6, 6.07) is 0. The van der Waals surface area contributed by atoms with Gasteiger partial charge in [0.1, 0.15) is 4.88 Å². The molecular formula is C11H10O2S. The van der Waals surface area contributed by atoms with E-state index < -0.39 is 5.97 Å². The Kier molecular flexibility index (Phi) is 2.50. The first-order chi connectivity index (χ1) is 6.79.